The Labute approximate surface area is 217 Å². The van der Waals surface area contributed by atoms with E-state index >= 15 is 0 Å². The van der Waals surface area contributed by atoms with Crippen LogP contribution in [0.4, 0.5) is 11.6 Å². The number of ether oxygens (including phenoxy) is 1. The van der Waals surface area contributed by atoms with Gasteiger partial charge in [0.05, 0.1) is 19.3 Å². The summed E-state index contributed by atoms with van der Waals surface area (Å²) in [6.07, 6.45) is 3.29. The van der Waals surface area contributed by atoms with Crippen molar-refractivity contribution in [3.05, 3.63) is 107 Å². The highest BCUT2D eigenvalue weighted by atomic mass is 32.2. The fourth-order valence-electron chi connectivity index (χ4n) is 4.27. The van der Waals surface area contributed by atoms with E-state index < -0.39 is 10.8 Å². The van der Waals surface area contributed by atoms with Gasteiger partial charge in [-0.1, -0.05) is 42.5 Å². The van der Waals surface area contributed by atoms with Gasteiger partial charge in [0.25, 0.3) is 5.56 Å². The van der Waals surface area contributed by atoms with Crippen molar-refractivity contribution in [2.24, 2.45) is 0 Å². The molecule has 0 aliphatic rings. The van der Waals surface area contributed by atoms with Crippen molar-refractivity contribution in [3.63, 3.8) is 0 Å². The first-order valence-electron chi connectivity index (χ1n) is 11.7. The molecule has 1 N–H and O–H groups in total. The highest BCUT2D eigenvalue weighted by Crippen LogP contribution is 2.27. The maximum Gasteiger partial charge on any atom is 0.278 e. The summed E-state index contributed by atoms with van der Waals surface area (Å²) < 4.78 is 19.0. The lowest BCUT2D eigenvalue weighted by atomic mass is 10.0. The predicted molar refractivity (Wildman–Crippen MR) is 148 cm³/mol. The Morgan fingerprint density at radius 3 is 2.59 bits per heavy atom. The summed E-state index contributed by atoms with van der Waals surface area (Å²) in [5, 5.41) is 3.79. The van der Waals surface area contributed by atoms with Gasteiger partial charge in [-0.15, -0.1) is 0 Å². The number of anilines is 2. The molecule has 0 aliphatic heterocycles. The minimum Gasteiger partial charge on any atom is -0.497 e. The molecule has 3 aromatic carbocycles. The number of fused-ring (bicyclic) bond motifs is 1. The molecule has 5 aromatic rings. The summed E-state index contributed by atoms with van der Waals surface area (Å²) in [6, 6.07) is 24.9. The van der Waals surface area contributed by atoms with Gasteiger partial charge < -0.3 is 14.6 Å². The third-order valence-electron chi connectivity index (χ3n) is 6.17. The summed E-state index contributed by atoms with van der Waals surface area (Å²) in [7, 11) is 0.510. The summed E-state index contributed by atoms with van der Waals surface area (Å²) in [6.45, 7) is 2.38. The topological polar surface area (TPSA) is 86.1 Å². The van der Waals surface area contributed by atoms with Crippen LogP contribution < -0.4 is 15.6 Å². The highest BCUT2D eigenvalue weighted by molar-refractivity contribution is 7.84. The van der Waals surface area contributed by atoms with E-state index in [1.165, 1.54) is 0 Å². The lowest BCUT2D eigenvalue weighted by Gasteiger charge is -2.17. The number of nitrogens with one attached hydrogen (secondary N) is 1. The van der Waals surface area contributed by atoms with E-state index in [0.29, 0.717) is 34.0 Å². The summed E-state index contributed by atoms with van der Waals surface area (Å²) >= 11 is 0. The normalized spacial score (nSPS) is 11.9. The lowest BCUT2D eigenvalue weighted by Crippen LogP contribution is -2.24. The van der Waals surface area contributed by atoms with Crippen LogP contribution in [0.3, 0.4) is 0 Å². The van der Waals surface area contributed by atoms with Crippen LogP contribution >= 0.6 is 0 Å². The van der Waals surface area contributed by atoms with Gasteiger partial charge in [-0.25, -0.2) is 9.97 Å². The van der Waals surface area contributed by atoms with Crippen molar-refractivity contribution < 1.29 is 8.95 Å². The number of rotatable bonds is 7. The van der Waals surface area contributed by atoms with Gasteiger partial charge in [-0.3, -0.25) is 9.00 Å². The quantitative estimate of drug-likeness (QED) is 0.320. The van der Waals surface area contributed by atoms with E-state index in [2.05, 4.69) is 15.3 Å². The van der Waals surface area contributed by atoms with E-state index in [9.17, 15) is 9.00 Å². The van der Waals surface area contributed by atoms with Crippen LogP contribution in [0.2, 0.25) is 0 Å². The number of aromatic nitrogens is 3. The van der Waals surface area contributed by atoms with Crippen LogP contribution in [0, 0.1) is 6.92 Å². The van der Waals surface area contributed by atoms with Crippen molar-refractivity contribution in [1.82, 2.24) is 14.5 Å². The van der Waals surface area contributed by atoms with Crippen LogP contribution in [0.15, 0.2) is 94.7 Å². The van der Waals surface area contributed by atoms with Gasteiger partial charge in [-0.05, 0) is 54.4 Å². The molecule has 0 saturated carbocycles. The van der Waals surface area contributed by atoms with Gasteiger partial charge in [-0.2, -0.15) is 0 Å². The third kappa shape index (κ3) is 5.15. The molecule has 186 valence electrons. The van der Waals surface area contributed by atoms with Gasteiger partial charge in [0.15, 0.2) is 0 Å². The molecule has 0 saturated heterocycles. The Kier molecular flexibility index (Phi) is 6.83. The Morgan fingerprint density at radius 2 is 1.81 bits per heavy atom. The van der Waals surface area contributed by atoms with Crippen molar-refractivity contribution in [1.29, 1.82) is 0 Å². The fraction of sp³-hybridized carbons (Fsp3) is 0.138. The molecule has 7 nitrogen and oxygen atoms in total. The summed E-state index contributed by atoms with van der Waals surface area (Å²) in [5.74, 6) is 1.02. The van der Waals surface area contributed by atoms with Gasteiger partial charge in [0.1, 0.15) is 11.3 Å². The Morgan fingerprint density at radius 1 is 1.00 bits per heavy atom. The second-order valence-electron chi connectivity index (χ2n) is 8.69. The van der Waals surface area contributed by atoms with Crippen LogP contribution in [-0.2, 0) is 17.3 Å². The maximum absolute atomic E-state index is 13.9. The zero-order valence-electron chi connectivity index (χ0n) is 20.8. The summed E-state index contributed by atoms with van der Waals surface area (Å²) in [5.41, 5.74) is 4.55. The number of aryl methyl sites for hydroxylation is 1. The molecule has 0 fully saturated rings. The smallest absolute Gasteiger partial charge is 0.278 e. The first kappa shape index (κ1) is 24.4. The second-order valence-corrected chi connectivity index (χ2v) is 10.1. The largest absolute Gasteiger partial charge is 0.497 e. The maximum atomic E-state index is 13.9. The average molecular weight is 511 g/mol. The van der Waals surface area contributed by atoms with Crippen LogP contribution in [-0.4, -0.2) is 32.1 Å². The number of hydrogen-bond acceptors (Lipinski definition) is 6. The molecule has 0 amide bonds. The number of benzene rings is 3. The monoisotopic (exact) mass is 510 g/mol. The first-order chi connectivity index (χ1) is 17.9. The van der Waals surface area contributed by atoms with Crippen molar-refractivity contribution in [2.45, 2.75) is 18.4 Å². The molecular formula is C29H26N4O3S. The SMILES string of the molecule is COc1cccc(Cn2c(-c3ccccc3C)cc3cnc(Nc4cccc(S(C)=O)c4)nc3c2=O)c1. The third-order valence-corrected chi connectivity index (χ3v) is 7.08. The number of pyridine rings is 1. The van der Waals surface area contributed by atoms with Crippen LogP contribution in [0.1, 0.15) is 11.1 Å². The average Bonchev–Trinajstić information content (AvgIpc) is 2.91. The Bertz CT molecular complexity index is 1700. The Balaban J connectivity index is 1.64. The van der Waals surface area contributed by atoms with E-state index in [1.807, 2.05) is 73.7 Å². The van der Waals surface area contributed by atoms with Crippen LogP contribution in [0.5, 0.6) is 5.75 Å². The summed E-state index contributed by atoms with van der Waals surface area (Å²) in [4.78, 5) is 23.6. The number of methoxy groups -OCH3 is 1. The van der Waals surface area contributed by atoms with Gasteiger partial charge in [0, 0.05) is 44.8 Å². The molecule has 1 atom stereocenters. The van der Waals surface area contributed by atoms with Gasteiger partial charge >= 0.3 is 0 Å². The number of hydrogen-bond donors (Lipinski definition) is 1. The van der Waals surface area contributed by atoms with Gasteiger partial charge in [0.2, 0.25) is 5.95 Å². The molecule has 8 heteroatoms. The molecular weight excluding hydrogens is 484 g/mol. The Hall–Kier alpha value is -4.30. The van der Waals surface area contributed by atoms with Crippen molar-refractivity contribution >= 4 is 33.3 Å². The van der Waals surface area contributed by atoms with E-state index in [4.69, 9.17) is 4.74 Å². The second kappa shape index (κ2) is 10.4. The predicted octanol–water partition coefficient (Wildman–Crippen LogP) is 5.30. The molecule has 0 aliphatic carbocycles. The molecule has 37 heavy (non-hydrogen) atoms. The minimum atomic E-state index is -1.11. The first-order valence-corrected chi connectivity index (χ1v) is 13.3. The molecule has 2 aromatic heterocycles. The molecule has 5 rings (SSSR count). The zero-order chi connectivity index (χ0) is 25.9. The number of nitrogens with zero attached hydrogens (tertiary/aromatic N) is 3. The minimum absolute atomic E-state index is 0.215. The van der Waals surface area contributed by atoms with Crippen molar-refractivity contribution in [2.75, 3.05) is 18.7 Å². The van der Waals surface area contributed by atoms with E-state index in [0.717, 1.165) is 28.1 Å². The highest BCUT2D eigenvalue weighted by Gasteiger charge is 2.16. The van der Waals surface area contributed by atoms with E-state index in [-0.39, 0.29) is 5.56 Å². The van der Waals surface area contributed by atoms with E-state index in [1.54, 1.807) is 36.3 Å². The fourth-order valence-corrected chi connectivity index (χ4v) is 4.83. The molecule has 0 spiro atoms. The molecule has 2 heterocycles. The van der Waals surface area contributed by atoms with Crippen molar-refractivity contribution in [3.8, 4) is 17.0 Å². The lowest BCUT2D eigenvalue weighted by molar-refractivity contribution is 0.414. The molecule has 1 unspecified atom stereocenters. The molecule has 0 radical (unpaired) electrons. The standard InChI is InChI=1S/C29H26N4O3S/c1-19-8-4-5-13-25(19)26-15-21-17-30-29(31-22-10-7-12-24(16-22)37(3)35)32-27(21)28(34)33(26)18-20-9-6-11-23(14-20)36-2/h4-17H,18H2,1-3H3,(H,30,31,32). The molecule has 0 bridgehead atoms. The zero-order valence-corrected chi connectivity index (χ0v) is 21.6. The van der Waals surface area contributed by atoms with Crippen LogP contribution in [0.25, 0.3) is 22.2 Å².